The first kappa shape index (κ1) is 15.0. The van der Waals surface area contributed by atoms with Crippen LogP contribution in [0, 0.1) is 6.92 Å². The molecular weight excluding hydrogens is 302 g/mol. The number of likely N-dealkylation sites (N-methyl/N-ethyl adjacent to an activating group) is 1. The number of H-pyrrole nitrogens is 1. The first-order chi connectivity index (χ1) is 10.3. The number of hydrogen-bond acceptors (Lipinski definition) is 4. The van der Waals surface area contributed by atoms with Crippen molar-refractivity contribution in [2.45, 2.75) is 25.8 Å². The van der Waals surface area contributed by atoms with Gasteiger partial charge in [0.1, 0.15) is 5.82 Å². The second-order valence-corrected chi connectivity index (χ2v) is 8.14. The molecule has 1 atom stereocenters. The van der Waals surface area contributed by atoms with E-state index in [9.17, 15) is 13.2 Å². The highest BCUT2D eigenvalue weighted by molar-refractivity contribution is 7.91. The van der Waals surface area contributed by atoms with E-state index in [1.165, 1.54) is 0 Å². The standard InChI is InChI=1S/C15H19N3O3S/c1-10-16-13-4-3-11(7-14(13)17-10)8-15(19)18(2)12-5-6-22(20,21)9-12/h3-4,7,12H,5-6,8-9H2,1-2H3,(H,16,17). The fraction of sp³-hybridized carbons (Fsp3) is 0.467. The monoisotopic (exact) mass is 321 g/mol. The number of imidazole rings is 1. The van der Waals surface area contributed by atoms with Gasteiger partial charge in [0.25, 0.3) is 0 Å². The second kappa shape index (κ2) is 5.39. The Labute approximate surface area is 129 Å². The maximum Gasteiger partial charge on any atom is 0.227 e. The fourth-order valence-electron chi connectivity index (χ4n) is 2.88. The Morgan fingerprint density at radius 3 is 2.91 bits per heavy atom. The number of rotatable bonds is 3. The first-order valence-corrected chi connectivity index (χ1v) is 9.07. The van der Waals surface area contributed by atoms with Crippen LogP contribution in [0.2, 0.25) is 0 Å². The molecule has 22 heavy (non-hydrogen) atoms. The van der Waals surface area contributed by atoms with Crippen molar-refractivity contribution in [1.82, 2.24) is 14.9 Å². The zero-order chi connectivity index (χ0) is 15.9. The third-order valence-corrected chi connectivity index (χ3v) is 5.92. The number of carbonyl (C=O) groups excluding carboxylic acids is 1. The number of aromatic amines is 1. The van der Waals surface area contributed by atoms with E-state index in [0.29, 0.717) is 6.42 Å². The van der Waals surface area contributed by atoms with Crippen molar-refractivity contribution < 1.29 is 13.2 Å². The molecule has 0 spiro atoms. The van der Waals surface area contributed by atoms with Crippen LogP contribution in [0.1, 0.15) is 17.8 Å². The van der Waals surface area contributed by atoms with Crippen molar-refractivity contribution in [2.75, 3.05) is 18.6 Å². The average molecular weight is 321 g/mol. The lowest BCUT2D eigenvalue weighted by molar-refractivity contribution is -0.130. The molecule has 118 valence electrons. The van der Waals surface area contributed by atoms with Crippen LogP contribution in [-0.4, -0.2) is 53.8 Å². The lowest BCUT2D eigenvalue weighted by atomic mass is 10.1. The van der Waals surface area contributed by atoms with E-state index in [1.807, 2.05) is 25.1 Å². The van der Waals surface area contributed by atoms with Gasteiger partial charge in [-0.25, -0.2) is 13.4 Å². The number of hydrogen-bond donors (Lipinski definition) is 1. The number of nitrogens with zero attached hydrogens (tertiary/aromatic N) is 2. The molecule has 1 aliphatic heterocycles. The maximum atomic E-state index is 12.4. The van der Waals surface area contributed by atoms with Crippen molar-refractivity contribution in [3.8, 4) is 0 Å². The number of carbonyl (C=O) groups is 1. The molecule has 1 fully saturated rings. The molecule has 7 heteroatoms. The van der Waals surface area contributed by atoms with E-state index in [2.05, 4.69) is 9.97 Å². The van der Waals surface area contributed by atoms with Gasteiger partial charge in [0.05, 0.1) is 29.0 Å². The molecule has 2 aromatic rings. The zero-order valence-electron chi connectivity index (χ0n) is 12.7. The Balaban J connectivity index is 1.72. The lowest BCUT2D eigenvalue weighted by Crippen LogP contribution is -2.38. The Kier molecular flexibility index (Phi) is 3.68. The van der Waals surface area contributed by atoms with Gasteiger partial charge in [-0.15, -0.1) is 0 Å². The van der Waals surface area contributed by atoms with Crippen LogP contribution >= 0.6 is 0 Å². The van der Waals surface area contributed by atoms with E-state index in [1.54, 1.807) is 11.9 Å². The number of aromatic nitrogens is 2. The molecule has 3 rings (SSSR count). The first-order valence-electron chi connectivity index (χ1n) is 7.25. The third-order valence-electron chi connectivity index (χ3n) is 4.17. The summed E-state index contributed by atoms with van der Waals surface area (Å²) in [7, 11) is -1.29. The highest BCUT2D eigenvalue weighted by atomic mass is 32.2. The highest BCUT2D eigenvalue weighted by Crippen LogP contribution is 2.19. The molecule has 0 aliphatic carbocycles. The molecule has 1 aromatic carbocycles. The summed E-state index contributed by atoms with van der Waals surface area (Å²) in [6, 6.07) is 5.50. The van der Waals surface area contributed by atoms with E-state index in [4.69, 9.17) is 0 Å². The molecule has 1 amide bonds. The summed E-state index contributed by atoms with van der Waals surface area (Å²) in [6.07, 6.45) is 0.796. The predicted octanol–water partition coefficient (Wildman–Crippen LogP) is 1.06. The SMILES string of the molecule is Cc1nc2ccc(CC(=O)N(C)C3CCS(=O)(=O)C3)cc2[nH]1. The van der Waals surface area contributed by atoms with Crippen LogP contribution in [0.3, 0.4) is 0 Å². The molecular formula is C15H19N3O3S. The van der Waals surface area contributed by atoms with Gasteiger partial charge in [0.2, 0.25) is 5.91 Å². The number of aryl methyl sites for hydroxylation is 1. The molecule has 2 heterocycles. The molecule has 6 nitrogen and oxygen atoms in total. The van der Waals surface area contributed by atoms with Gasteiger partial charge >= 0.3 is 0 Å². The van der Waals surface area contributed by atoms with Gasteiger partial charge in [0, 0.05) is 13.1 Å². The summed E-state index contributed by atoms with van der Waals surface area (Å²) >= 11 is 0. The van der Waals surface area contributed by atoms with Gasteiger partial charge in [-0.05, 0) is 31.0 Å². The summed E-state index contributed by atoms with van der Waals surface area (Å²) < 4.78 is 23.1. The molecule has 1 aromatic heterocycles. The minimum absolute atomic E-state index is 0.0577. The van der Waals surface area contributed by atoms with Gasteiger partial charge in [-0.2, -0.15) is 0 Å². The number of sulfone groups is 1. The van der Waals surface area contributed by atoms with E-state index in [0.717, 1.165) is 22.4 Å². The summed E-state index contributed by atoms with van der Waals surface area (Å²) in [4.78, 5) is 21.4. The van der Waals surface area contributed by atoms with Gasteiger partial charge in [-0.3, -0.25) is 4.79 Å². The molecule has 0 radical (unpaired) electrons. The Bertz CT molecular complexity index is 826. The molecule has 0 bridgehead atoms. The summed E-state index contributed by atoms with van der Waals surface area (Å²) in [6.45, 7) is 1.89. The predicted molar refractivity (Wildman–Crippen MR) is 84.4 cm³/mol. The maximum absolute atomic E-state index is 12.4. The summed E-state index contributed by atoms with van der Waals surface area (Å²) in [5.74, 6) is 1.03. The number of benzene rings is 1. The van der Waals surface area contributed by atoms with Gasteiger partial charge < -0.3 is 9.88 Å². The van der Waals surface area contributed by atoms with Crippen molar-refractivity contribution >= 4 is 26.8 Å². The molecule has 1 N–H and O–H groups in total. The van der Waals surface area contributed by atoms with Crippen LogP contribution in [0.5, 0.6) is 0 Å². The molecule has 0 saturated carbocycles. The summed E-state index contributed by atoms with van der Waals surface area (Å²) in [5.41, 5.74) is 2.69. The van der Waals surface area contributed by atoms with Crippen molar-refractivity contribution in [1.29, 1.82) is 0 Å². The molecule has 1 saturated heterocycles. The smallest absolute Gasteiger partial charge is 0.227 e. The normalized spacial score (nSPS) is 20.4. The van der Waals surface area contributed by atoms with Crippen LogP contribution in [0.15, 0.2) is 18.2 Å². The van der Waals surface area contributed by atoms with Crippen molar-refractivity contribution in [2.24, 2.45) is 0 Å². The van der Waals surface area contributed by atoms with E-state index >= 15 is 0 Å². The Morgan fingerprint density at radius 2 is 2.23 bits per heavy atom. The van der Waals surface area contributed by atoms with E-state index < -0.39 is 9.84 Å². The van der Waals surface area contributed by atoms with Crippen molar-refractivity contribution in [3.63, 3.8) is 0 Å². The lowest BCUT2D eigenvalue weighted by Gasteiger charge is -2.23. The van der Waals surface area contributed by atoms with E-state index in [-0.39, 0.29) is 29.9 Å². The third kappa shape index (κ3) is 2.99. The average Bonchev–Trinajstić information content (AvgIpc) is 2.98. The largest absolute Gasteiger partial charge is 0.342 e. The second-order valence-electron chi connectivity index (χ2n) is 5.91. The van der Waals surface area contributed by atoms with Crippen LogP contribution in [0.4, 0.5) is 0 Å². The molecule has 1 unspecified atom stereocenters. The van der Waals surface area contributed by atoms with Gasteiger partial charge in [-0.1, -0.05) is 6.07 Å². The fourth-order valence-corrected chi connectivity index (χ4v) is 4.65. The van der Waals surface area contributed by atoms with Crippen LogP contribution < -0.4 is 0 Å². The number of nitrogens with one attached hydrogen (secondary N) is 1. The van der Waals surface area contributed by atoms with Gasteiger partial charge in [0.15, 0.2) is 9.84 Å². The topological polar surface area (TPSA) is 83.1 Å². The van der Waals surface area contributed by atoms with Crippen molar-refractivity contribution in [3.05, 3.63) is 29.6 Å². The zero-order valence-corrected chi connectivity index (χ0v) is 13.5. The number of amides is 1. The molecule has 1 aliphatic rings. The highest BCUT2D eigenvalue weighted by Gasteiger charge is 2.32. The quantitative estimate of drug-likeness (QED) is 0.916. The van der Waals surface area contributed by atoms with Crippen LogP contribution in [-0.2, 0) is 21.1 Å². The minimum atomic E-state index is -2.98. The summed E-state index contributed by atoms with van der Waals surface area (Å²) in [5, 5.41) is 0. The minimum Gasteiger partial charge on any atom is -0.342 e. The Morgan fingerprint density at radius 1 is 1.45 bits per heavy atom. The van der Waals surface area contributed by atoms with Crippen LogP contribution in [0.25, 0.3) is 11.0 Å². The Hall–Kier alpha value is -1.89. The number of fused-ring (bicyclic) bond motifs is 1.